The lowest BCUT2D eigenvalue weighted by molar-refractivity contribution is 0.0672. The molecule has 3 aromatic rings. The molecule has 0 bridgehead atoms. The number of benzene rings is 2. The first-order valence-corrected chi connectivity index (χ1v) is 9.60. The second-order valence-corrected chi connectivity index (χ2v) is 7.24. The fraction of sp³-hybridized carbons (Fsp3) is 0.0476. The summed E-state index contributed by atoms with van der Waals surface area (Å²) in [6, 6.07) is 7.22. The van der Waals surface area contributed by atoms with Crippen LogP contribution in [0.25, 0.3) is 11.3 Å². The van der Waals surface area contributed by atoms with Gasteiger partial charge >= 0.3 is 0 Å². The number of hydrogen-bond acceptors (Lipinski definition) is 5. The van der Waals surface area contributed by atoms with Gasteiger partial charge < -0.3 is 0 Å². The number of fused-ring (bicyclic) bond motifs is 1. The predicted molar refractivity (Wildman–Crippen MR) is 107 cm³/mol. The summed E-state index contributed by atoms with van der Waals surface area (Å²) in [5, 5.41) is 4.23. The number of halogens is 2. The summed E-state index contributed by atoms with van der Waals surface area (Å²) in [5.74, 6) is -2.73. The number of carbonyl (C=O) groups excluding carboxylic acids is 3. The smallest absolute Gasteiger partial charge is 0.261 e. The number of nitrogens with zero attached hydrogens (tertiary/aromatic N) is 2. The number of amides is 3. The van der Waals surface area contributed by atoms with Crippen LogP contribution in [0.15, 0.2) is 54.4 Å². The Hall–Kier alpha value is -3.72. The van der Waals surface area contributed by atoms with Gasteiger partial charge in [-0.3, -0.25) is 24.6 Å². The fourth-order valence-electron chi connectivity index (χ4n) is 3.04. The Morgan fingerprint density at radius 3 is 2.63 bits per heavy atom. The van der Waals surface area contributed by atoms with Crippen LogP contribution in [0.4, 0.5) is 13.9 Å². The molecule has 0 spiro atoms. The van der Waals surface area contributed by atoms with Crippen molar-refractivity contribution >= 4 is 34.2 Å². The van der Waals surface area contributed by atoms with Crippen LogP contribution in [-0.2, 0) is 0 Å². The summed E-state index contributed by atoms with van der Waals surface area (Å²) in [6.45, 7) is 3.60. The third-order valence-electron chi connectivity index (χ3n) is 4.47. The van der Waals surface area contributed by atoms with Crippen molar-refractivity contribution in [2.45, 2.75) is 0 Å². The van der Waals surface area contributed by atoms with E-state index >= 15 is 0 Å². The van der Waals surface area contributed by atoms with E-state index in [-0.39, 0.29) is 39.6 Å². The van der Waals surface area contributed by atoms with Gasteiger partial charge in [-0.25, -0.2) is 13.8 Å². The third kappa shape index (κ3) is 3.39. The molecule has 0 aliphatic carbocycles. The Bertz CT molecular complexity index is 1220. The Kier molecular flexibility index (Phi) is 4.96. The minimum Gasteiger partial charge on any atom is -0.298 e. The SMILES string of the molecule is C=CCN1C(=O)c2ccc(C(=O)Nc3nc(-c4cc(F)ccc4F)cs3)cc2C1=O. The standard InChI is InChI=1S/C21H13F2N3O3S/c1-2-7-26-19(28)13-5-3-11(8-14(13)20(26)29)18(27)25-21-24-17(10-30-21)15-9-12(22)4-6-16(15)23/h2-6,8-10H,1,7H2,(H,24,25,27). The predicted octanol–water partition coefficient (Wildman–Crippen LogP) is 4.12. The van der Waals surface area contributed by atoms with Gasteiger partial charge in [0.25, 0.3) is 17.7 Å². The van der Waals surface area contributed by atoms with Crippen LogP contribution in [0.1, 0.15) is 31.1 Å². The first kappa shape index (κ1) is 19.6. The van der Waals surface area contributed by atoms with E-state index in [0.29, 0.717) is 0 Å². The quantitative estimate of drug-likeness (QED) is 0.493. The molecule has 6 nitrogen and oxygen atoms in total. The van der Waals surface area contributed by atoms with Crippen LogP contribution >= 0.6 is 11.3 Å². The van der Waals surface area contributed by atoms with Gasteiger partial charge in [0.05, 0.1) is 16.8 Å². The number of anilines is 1. The summed E-state index contributed by atoms with van der Waals surface area (Å²) in [4.78, 5) is 42.4. The molecule has 30 heavy (non-hydrogen) atoms. The summed E-state index contributed by atoms with van der Waals surface area (Å²) < 4.78 is 27.3. The van der Waals surface area contributed by atoms with Gasteiger partial charge in [-0.15, -0.1) is 17.9 Å². The number of thiazole rings is 1. The average Bonchev–Trinajstić information content (AvgIpc) is 3.28. The van der Waals surface area contributed by atoms with Crippen molar-refractivity contribution in [1.82, 2.24) is 9.88 Å². The molecule has 2 aromatic carbocycles. The van der Waals surface area contributed by atoms with Crippen LogP contribution in [0, 0.1) is 11.6 Å². The maximum absolute atomic E-state index is 13.9. The first-order chi connectivity index (χ1) is 14.4. The highest BCUT2D eigenvalue weighted by Crippen LogP contribution is 2.28. The molecule has 0 fully saturated rings. The van der Waals surface area contributed by atoms with Gasteiger partial charge in [0.1, 0.15) is 11.6 Å². The minimum absolute atomic E-state index is 0.0179. The molecule has 0 unspecified atom stereocenters. The van der Waals surface area contributed by atoms with E-state index in [1.54, 1.807) is 0 Å². The van der Waals surface area contributed by atoms with E-state index in [4.69, 9.17) is 0 Å². The van der Waals surface area contributed by atoms with Crippen LogP contribution in [0.5, 0.6) is 0 Å². The van der Waals surface area contributed by atoms with Crippen molar-refractivity contribution < 1.29 is 23.2 Å². The number of hydrogen-bond donors (Lipinski definition) is 1. The third-order valence-corrected chi connectivity index (χ3v) is 5.23. The highest BCUT2D eigenvalue weighted by Gasteiger charge is 2.35. The van der Waals surface area contributed by atoms with E-state index in [1.807, 2.05) is 0 Å². The lowest BCUT2D eigenvalue weighted by Gasteiger charge is -2.09. The van der Waals surface area contributed by atoms with Crippen molar-refractivity contribution in [1.29, 1.82) is 0 Å². The molecule has 0 saturated carbocycles. The molecule has 1 aliphatic rings. The summed E-state index contributed by atoms with van der Waals surface area (Å²) in [7, 11) is 0. The second kappa shape index (κ2) is 7.60. The van der Waals surface area contributed by atoms with Crippen LogP contribution in [0.2, 0.25) is 0 Å². The molecular weight excluding hydrogens is 412 g/mol. The van der Waals surface area contributed by atoms with E-state index in [0.717, 1.165) is 34.4 Å². The van der Waals surface area contributed by atoms with Gasteiger partial charge in [-0.05, 0) is 36.4 Å². The van der Waals surface area contributed by atoms with E-state index < -0.39 is 29.4 Å². The van der Waals surface area contributed by atoms with E-state index in [1.165, 1.54) is 29.7 Å². The molecule has 1 aromatic heterocycles. The Morgan fingerprint density at radius 1 is 1.10 bits per heavy atom. The van der Waals surface area contributed by atoms with E-state index in [2.05, 4.69) is 16.9 Å². The Labute approximate surface area is 173 Å². The monoisotopic (exact) mass is 425 g/mol. The number of aromatic nitrogens is 1. The van der Waals surface area contributed by atoms with Crippen molar-refractivity contribution in [2.75, 3.05) is 11.9 Å². The van der Waals surface area contributed by atoms with Gasteiger partial charge in [-0.2, -0.15) is 0 Å². The van der Waals surface area contributed by atoms with Crippen molar-refractivity contribution in [2.24, 2.45) is 0 Å². The van der Waals surface area contributed by atoms with Crippen LogP contribution < -0.4 is 5.32 Å². The second-order valence-electron chi connectivity index (χ2n) is 6.39. The molecule has 2 heterocycles. The lowest BCUT2D eigenvalue weighted by Crippen LogP contribution is -2.29. The molecule has 9 heteroatoms. The fourth-order valence-corrected chi connectivity index (χ4v) is 3.75. The van der Waals surface area contributed by atoms with Crippen LogP contribution in [0.3, 0.4) is 0 Å². The summed E-state index contributed by atoms with van der Waals surface area (Å²) in [5.41, 5.74) is 0.675. The van der Waals surface area contributed by atoms with Gasteiger partial charge in [0.15, 0.2) is 5.13 Å². The van der Waals surface area contributed by atoms with Crippen molar-refractivity contribution in [3.05, 3.63) is 82.8 Å². The first-order valence-electron chi connectivity index (χ1n) is 8.72. The summed E-state index contributed by atoms with van der Waals surface area (Å²) >= 11 is 1.04. The van der Waals surface area contributed by atoms with Gasteiger partial charge in [0.2, 0.25) is 0 Å². The normalized spacial score (nSPS) is 12.8. The van der Waals surface area contributed by atoms with Crippen LogP contribution in [-0.4, -0.2) is 34.2 Å². The number of nitrogens with one attached hydrogen (secondary N) is 1. The van der Waals surface area contributed by atoms with Crippen molar-refractivity contribution in [3.8, 4) is 11.3 Å². The Balaban J connectivity index is 1.56. The van der Waals surface area contributed by atoms with Crippen molar-refractivity contribution in [3.63, 3.8) is 0 Å². The molecule has 0 saturated heterocycles. The highest BCUT2D eigenvalue weighted by atomic mass is 32.1. The molecule has 1 N–H and O–H groups in total. The zero-order valence-corrected chi connectivity index (χ0v) is 16.1. The maximum Gasteiger partial charge on any atom is 0.261 e. The molecule has 0 atom stereocenters. The lowest BCUT2D eigenvalue weighted by atomic mass is 10.1. The highest BCUT2D eigenvalue weighted by molar-refractivity contribution is 7.14. The molecule has 150 valence electrons. The molecule has 4 rings (SSSR count). The molecule has 0 radical (unpaired) electrons. The number of rotatable bonds is 5. The Morgan fingerprint density at radius 2 is 1.87 bits per heavy atom. The summed E-state index contributed by atoms with van der Waals surface area (Å²) in [6.07, 6.45) is 1.44. The zero-order chi connectivity index (χ0) is 21.4. The average molecular weight is 425 g/mol. The largest absolute Gasteiger partial charge is 0.298 e. The topological polar surface area (TPSA) is 79.4 Å². The van der Waals surface area contributed by atoms with Gasteiger partial charge in [0, 0.05) is 23.1 Å². The molecular formula is C21H13F2N3O3S. The maximum atomic E-state index is 13.9. The minimum atomic E-state index is -0.634. The number of carbonyl (C=O) groups is 3. The zero-order valence-electron chi connectivity index (χ0n) is 15.3. The van der Waals surface area contributed by atoms with Gasteiger partial charge in [-0.1, -0.05) is 6.08 Å². The molecule has 1 aliphatic heterocycles. The molecule has 3 amide bonds. The van der Waals surface area contributed by atoms with E-state index in [9.17, 15) is 23.2 Å². The number of imide groups is 1.